The molecule has 25 heavy (non-hydrogen) atoms. The van der Waals surface area contributed by atoms with E-state index in [4.69, 9.17) is 0 Å². The minimum Gasteiger partial charge on any atom is -0.293 e. The summed E-state index contributed by atoms with van der Waals surface area (Å²) < 4.78 is 2.54. The van der Waals surface area contributed by atoms with Gasteiger partial charge in [0.2, 0.25) is 0 Å². The molecule has 2 aromatic carbocycles. The fourth-order valence-corrected chi connectivity index (χ4v) is 3.80. The highest BCUT2D eigenvalue weighted by atomic mass is 127. The van der Waals surface area contributed by atoms with Crippen LogP contribution in [0.25, 0.3) is 10.9 Å². The maximum Gasteiger partial charge on any atom is 0.262 e. The molecule has 1 aromatic heterocycles. The first-order valence-electron chi connectivity index (χ1n) is 7.62. The van der Waals surface area contributed by atoms with E-state index in [2.05, 4.69) is 34.2 Å². The van der Waals surface area contributed by atoms with E-state index in [-0.39, 0.29) is 17.1 Å². The van der Waals surface area contributed by atoms with Crippen LogP contribution in [0.15, 0.2) is 71.1 Å². The zero-order chi connectivity index (χ0) is 17.8. The third kappa shape index (κ3) is 4.01. The van der Waals surface area contributed by atoms with Crippen LogP contribution in [0.3, 0.4) is 0 Å². The van der Waals surface area contributed by atoms with Gasteiger partial charge in [0.25, 0.3) is 5.56 Å². The van der Waals surface area contributed by atoms with Gasteiger partial charge in [-0.25, -0.2) is 4.98 Å². The number of carbonyl (C=O) groups excluding carboxylic acids is 1. The molecule has 0 unspecified atom stereocenters. The van der Waals surface area contributed by atoms with Crippen LogP contribution in [0, 0.1) is 3.57 Å². The van der Waals surface area contributed by atoms with Crippen molar-refractivity contribution in [2.45, 2.75) is 11.7 Å². The second-order valence-corrected chi connectivity index (χ2v) is 7.53. The van der Waals surface area contributed by atoms with Gasteiger partial charge in [0.05, 0.1) is 16.7 Å². The number of rotatable bonds is 6. The lowest BCUT2D eigenvalue weighted by Crippen LogP contribution is -2.23. The number of ketones is 1. The second kappa shape index (κ2) is 7.97. The molecule has 0 aliphatic heterocycles. The predicted molar refractivity (Wildman–Crippen MR) is 110 cm³/mol. The second-order valence-electron chi connectivity index (χ2n) is 5.34. The zero-order valence-electron chi connectivity index (χ0n) is 13.3. The van der Waals surface area contributed by atoms with Gasteiger partial charge in [-0.3, -0.25) is 14.2 Å². The molecule has 0 amide bonds. The summed E-state index contributed by atoms with van der Waals surface area (Å²) in [5, 5.41) is 1.11. The Morgan fingerprint density at radius 1 is 1.24 bits per heavy atom. The van der Waals surface area contributed by atoms with Gasteiger partial charge in [0.15, 0.2) is 10.9 Å². The van der Waals surface area contributed by atoms with E-state index in [0.29, 0.717) is 28.2 Å². The molecule has 6 heteroatoms. The zero-order valence-corrected chi connectivity index (χ0v) is 16.3. The maximum absolute atomic E-state index is 12.8. The summed E-state index contributed by atoms with van der Waals surface area (Å²) >= 11 is 3.45. The maximum atomic E-state index is 12.8. The first-order valence-corrected chi connectivity index (χ1v) is 9.68. The number of fused-ring (bicyclic) bond motifs is 1. The van der Waals surface area contributed by atoms with E-state index < -0.39 is 0 Å². The van der Waals surface area contributed by atoms with E-state index in [9.17, 15) is 9.59 Å². The number of hydrogen-bond donors (Lipinski definition) is 0. The molecule has 0 saturated heterocycles. The van der Waals surface area contributed by atoms with Crippen LogP contribution in [0.2, 0.25) is 0 Å². The van der Waals surface area contributed by atoms with Gasteiger partial charge in [-0.1, -0.05) is 48.2 Å². The van der Waals surface area contributed by atoms with Gasteiger partial charge >= 0.3 is 0 Å². The molecular weight excluding hydrogens is 447 g/mol. The van der Waals surface area contributed by atoms with Crippen LogP contribution >= 0.6 is 34.4 Å². The number of hydrogen-bond acceptors (Lipinski definition) is 4. The van der Waals surface area contributed by atoms with Gasteiger partial charge in [0, 0.05) is 15.7 Å². The predicted octanol–water partition coefficient (Wildman–Crippen LogP) is 4.16. The molecule has 0 atom stereocenters. The molecule has 0 saturated carbocycles. The molecule has 0 aliphatic carbocycles. The summed E-state index contributed by atoms with van der Waals surface area (Å²) in [6, 6.07) is 14.7. The molecule has 0 radical (unpaired) electrons. The van der Waals surface area contributed by atoms with Crippen molar-refractivity contribution in [3.05, 3.63) is 80.7 Å². The molecule has 3 aromatic rings. The number of carbonyl (C=O) groups is 1. The number of nitrogens with zero attached hydrogens (tertiary/aromatic N) is 2. The number of allylic oxidation sites excluding steroid dienone is 1. The van der Waals surface area contributed by atoms with Gasteiger partial charge in [-0.05, 0) is 40.8 Å². The number of thioether (sulfide) groups is 1. The minimum atomic E-state index is -0.113. The molecule has 0 N–H and O–H groups in total. The molecular formula is C19H15IN2O2S. The van der Waals surface area contributed by atoms with Crippen LogP contribution in [-0.2, 0) is 6.54 Å². The lowest BCUT2D eigenvalue weighted by Gasteiger charge is -2.11. The lowest BCUT2D eigenvalue weighted by molar-refractivity contribution is 0.102. The average Bonchev–Trinajstić information content (AvgIpc) is 2.63. The Morgan fingerprint density at radius 3 is 2.72 bits per heavy atom. The number of aromatic nitrogens is 2. The minimum absolute atomic E-state index is 0.00714. The van der Waals surface area contributed by atoms with E-state index in [0.717, 1.165) is 3.57 Å². The molecule has 4 nitrogen and oxygen atoms in total. The fourth-order valence-electron chi connectivity index (χ4n) is 2.41. The average molecular weight is 462 g/mol. The quantitative estimate of drug-likeness (QED) is 0.182. The lowest BCUT2D eigenvalue weighted by atomic mass is 10.2. The van der Waals surface area contributed by atoms with Crippen molar-refractivity contribution >= 4 is 51.0 Å². The number of halogens is 1. The van der Waals surface area contributed by atoms with Crippen molar-refractivity contribution < 1.29 is 4.79 Å². The Hall–Kier alpha value is -1.93. The normalized spacial score (nSPS) is 10.8. The van der Waals surface area contributed by atoms with Crippen molar-refractivity contribution in [1.29, 1.82) is 0 Å². The Bertz CT molecular complexity index is 999. The van der Waals surface area contributed by atoms with Crippen LogP contribution in [0.1, 0.15) is 10.4 Å². The summed E-state index contributed by atoms with van der Waals surface area (Å²) in [7, 11) is 0. The highest BCUT2D eigenvalue weighted by Gasteiger charge is 2.13. The monoisotopic (exact) mass is 462 g/mol. The van der Waals surface area contributed by atoms with Crippen molar-refractivity contribution in [3.8, 4) is 0 Å². The fraction of sp³-hybridized carbons (Fsp3) is 0.105. The first-order chi connectivity index (χ1) is 12.1. The molecule has 1 heterocycles. The molecule has 0 bridgehead atoms. The Labute approximate surface area is 163 Å². The Kier molecular flexibility index (Phi) is 5.70. The first kappa shape index (κ1) is 17.9. The van der Waals surface area contributed by atoms with Gasteiger partial charge in [-0.15, -0.1) is 6.58 Å². The topological polar surface area (TPSA) is 52.0 Å². The Morgan fingerprint density at radius 2 is 2.00 bits per heavy atom. The van der Waals surface area contributed by atoms with Crippen molar-refractivity contribution in [3.63, 3.8) is 0 Å². The molecule has 0 aliphatic rings. The van der Waals surface area contributed by atoms with Crippen LogP contribution in [0.4, 0.5) is 0 Å². The summed E-state index contributed by atoms with van der Waals surface area (Å²) in [5.74, 6) is 0.233. The van der Waals surface area contributed by atoms with Crippen LogP contribution in [0.5, 0.6) is 0 Å². The highest BCUT2D eigenvalue weighted by molar-refractivity contribution is 14.1. The molecule has 3 rings (SSSR count). The SMILES string of the molecule is C=CCn1c(SCC(=O)c2ccccc2)nc2ccc(I)cc2c1=O. The van der Waals surface area contributed by atoms with Crippen LogP contribution < -0.4 is 5.56 Å². The largest absolute Gasteiger partial charge is 0.293 e. The van der Waals surface area contributed by atoms with Gasteiger partial charge in [0.1, 0.15) is 0 Å². The van der Waals surface area contributed by atoms with E-state index in [1.807, 2.05) is 36.4 Å². The summed E-state index contributed by atoms with van der Waals surface area (Å²) in [6.07, 6.45) is 1.66. The van der Waals surface area contributed by atoms with Gasteiger partial charge < -0.3 is 0 Å². The standard InChI is InChI=1S/C19H15IN2O2S/c1-2-10-22-18(24)15-11-14(20)8-9-16(15)21-19(22)25-12-17(23)13-6-4-3-5-7-13/h2-9,11H,1,10,12H2. The van der Waals surface area contributed by atoms with Crippen LogP contribution in [-0.4, -0.2) is 21.1 Å². The van der Waals surface area contributed by atoms with Crippen molar-refractivity contribution in [2.75, 3.05) is 5.75 Å². The number of benzene rings is 2. The van der Waals surface area contributed by atoms with E-state index >= 15 is 0 Å². The smallest absolute Gasteiger partial charge is 0.262 e. The highest BCUT2D eigenvalue weighted by Crippen LogP contribution is 2.20. The van der Waals surface area contributed by atoms with E-state index in [1.165, 1.54) is 11.8 Å². The molecule has 0 spiro atoms. The van der Waals surface area contributed by atoms with Crippen molar-refractivity contribution in [1.82, 2.24) is 9.55 Å². The summed E-state index contributed by atoms with van der Waals surface area (Å²) in [6.45, 7) is 4.07. The Balaban J connectivity index is 1.96. The summed E-state index contributed by atoms with van der Waals surface area (Å²) in [5.41, 5.74) is 1.18. The molecule has 126 valence electrons. The number of Topliss-reactive ketones (excluding diaryl/α,β-unsaturated/α-hetero) is 1. The van der Waals surface area contributed by atoms with Gasteiger partial charge in [-0.2, -0.15) is 0 Å². The molecule has 0 fully saturated rings. The third-order valence-electron chi connectivity index (χ3n) is 3.62. The van der Waals surface area contributed by atoms with E-state index in [1.54, 1.807) is 22.8 Å². The van der Waals surface area contributed by atoms with Crippen molar-refractivity contribution in [2.24, 2.45) is 0 Å². The third-order valence-corrected chi connectivity index (χ3v) is 5.27. The summed E-state index contributed by atoms with van der Waals surface area (Å²) in [4.78, 5) is 29.7.